The van der Waals surface area contributed by atoms with E-state index in [2.05, 4.69) is 23.2 Å². The van der Waals surface area contributed by atoms with Crippen molar-refractivity contribution < 1.29 is 4.79 Å². The van der Waals surface area contributed by atoms with Crippen molar-refractivity contribution >= 4 is 40.3 Å². The van der Waals surface area contributed by atoms with Crippen LogP contribution in [0.2, 0.25) is 0 Å². The highest BCUT2D eigenvalue weighted by atomic mass is 32.1. The number of hydrogen-bond donors (Lipinski definition) is 1. The molecule has 1 N–H and O–H groups in total. The molecule has 6 heteroatoms. The van der Waals surface area contributed by atoms with Crippen LogP contribution >= 0.6 is 23.6 Å². The van der Waals surface area contributed by atoms with Gasteiger partial charge < -0.3 is 15.1 Å². The molecule has 1 aliphatic heterocycles. The summed E-state index contributed by atoms with van der Waals surface area (Å²) in [6.07, 6.45) is 0.504. The first-order valence-corrected chi connectivity index (χ1v) is 9.34. The maximum atomic E-state index is 12.3. The topological polar surface area (TPSA) is 35.6 Å². The van der Waals surface area contributed by atoms with Gasteiger partial charge in [-0.25, -0.2) is 0 Å². The van der Waals surface area contributed by atoms with E-state index >= 15 is 0 Å². The number of nitrogens with zero attached hydrogens (tertiary/aromatic N) is 2. The molecule has 0 atom stereocenters. The van der Waals surface area contributed by atoms with Gasteiger partial charge in [-0.05, 0) is 42.2 Å². The lowest BCUT2D eigenvalue weighted by Gasteiger charge is -2.36. The smallest absolute Gasteiger partial charge is 0.227 e. The van der Waals surface area contributed by atoms with E-state index in [1.54, 1.807) is 11.3 Å². The summed E-state index contributed by atoms with van der Waals surface area (Å²) < 4.78 is 0. The maximum Gasteiger partial charge on any atom is 0.227 e. The predicted molar refractivity (Wildman–Crippen MR) is 104 cm³/mol. The van der Waals surface area contributed by atoms with E-state index in [1.807, 2.05) is 40.6 Å². The molecule has 3 rings (SSSR count). The quantitative estimate of drug-likeness (QED) is 0.854. The normalized spacial score (nSPS) is 14.5. The maximum absolute atomic E-state index is 12.3. The third kappa shape index (κ3) is 4.13. The van der Waals surface area contributed by atoms with Crippen molar-refractivity contribution in [2.75, 3.05) is 31.5 Å². The van der Waals surface area contributed by atoms with Gasteiger partial charge >= 0.3 is 0 Å². The van der Waals surface area contributed by atoms with Gasteiger partial charge in [-0.3, -0.25) is 4.79 Å². The Hall–Kier alpha value is -1.92. The Balaban J connectivity index is 1.50. The molecule has 2 aromatic rings. The number of nitrogens with one attached hydrogen (secondary N) is 1. The van der Waals surface area contributed by atoms with Crippen molar-refractivity contribution in [3.05, 3.63) is 52.2 Å². The Kier molecular flexibility index (Phi) is 5.48. The molecule has 4 nitrogen and oxygen atoms in total. The van der Waals surface area contributed by atoms with Gasteiger partial charge in [0.1, 0.15) is 0 Å². The number of rotatable bonds is 3. The number of anilines is 1. The second-order valence-corrected chi connectivity index (χ2v) is 7.29. The summed E-state index contributed by atoms with van der Waals surface area (Å²) >= 11 is 7.16. The molecule has 2 heterocycles. The van der Waals surface area contributed by atoms with Gasteiger partial charge in [0.2, 0.25) is 5.91 Å². The number of aryl methyl sites for hydroxylation is 1. The monoisotopic (exact) mass is 359 g/mol. The number of benzene rings is 1. The molecule has 1 fully saturated rings. The highest BCUT2D eigenvalue weighted by molar-refractivity contribution is 7.80. The van der Waals surface area contributed by atoms with Gasteiger partial charge in [-0.1, -0.05) is 24.3 Å². The van der Waals surface area contributed by atoms with E-state index in [1.165, 1.54) is 5.56 Å². The average Bonchev–Trinajstić information content (AvgIpc) is 3.10. The highest BCUT2D eigenvalue weighted by Gasteiger charge is 2.22. The molecule has 1 saturated heterocycles. The molecule has 24 heavy (non-hydrogen) atoms. The lowest BCUT2D eigenvalue weighted by molar-refractivity contribution is -0.131. The van der Waals surface area contributed by atoms with Crippen molar-refractivity contribution in [3.63, 3.8) is 0 Å². The Morgan fingerprint density at radius 2 is 1.83 bits per heavy atom. The molecule has 1 aliphatic rings. The minimum atomic E-state index is 0.204. The van der Waals surface area contributed by atoms with E-state index in [0.717, 1.165) is 41.9 Å². The van der Waals surface area contributed by atoms with Crippen LogP contribution in [0.4, 0.5) is 5.69 Å². The molecule has 0 radical (unpaired) electrons. The Morgan fingerprint density at radius 3 is 2.50 bits per heavy atom. The van der Waals surface area contributed by atoms with Gasteiger partial charge in [0.05, 0.1) is 6.42 Å². The number of carbonyl (C=O) groups is 1. The predicted octanol–water partition coefficient (Wildman–Crippen LogP) is 3.14. The second-order valence-electron chi connectivity index (χ2n) is 5.87. The fourth-order valence-corrected chi connectivity index (χ4v) is 3.73. The molecule has 1 aromatic heterocycles. The van der Waals surface area contributed by atoms with E-state index in [0.29, 0.717) is 6.42 Å². The van der Waals surface area contributed by atoms with Crippen molar-refractivity contribution in [1.29, 1.82) is 0 Å². The zero-order chi connectivity index (χ0) is 16.9. The van der Waals surface area contributed by atoms with Crippen LogP contribution in [0.1, 0.15) is 10.4 Å². The van der Waals surface area contributed by atoms with Gasteiger partial charge in [-0.15, -0.1) is 11.3 Å². The van der Waals surface area contributed by atoms with Gasteiger partial charge in [0.15, 0.2) is 5.11 Å². The summed E-state index contributed by atoms with van der Waals surface area (Å²) in [6.45, 7) is 5.05. The summed E-state index contributed by atoms with van der Waals surface area (Å²) in [5, 5.41) is 6.06. The Bertz CT molecular complexity index is 707. The van der Waals surface area contributed by atoms with E-state index < -0.39 is 0 Å². The molecule has 126 valence electrons. The molecule has 0 unspecified atom stereocenters. The first-order chi connectivity index (χ1) is 11.6. The minimum absolute atomic E-state index is 0.204. The molecule has 0 bridgehead atoms. The molecule has 0 spiro atoms. The van der Waals surface area contributed by atoms with Crippen LogP contribution in [0.3, 0.4) is 0 Å². The van der Waals surface area contributed by atoms with Crippen LogP contribution in [0.5, 0.6) is 0 Å². The van der Waals surface area contributed by atoms with Crippen LogP contribution in [0, 0.1) is 6.92 Å². The fourth-order valence-electron chi connectivity index (χ4n) is 2.74. The summed E-state index contributed by atoms with van der Waals surface area (Å²) in [6, 6.07) is 12.1. The van der Waals surface area contributed by atoms with Crippen molar-refractivity contribution in [1.82, 2.24) is 9.80 Å². The molecular formula is C18H21N3OS2. The number of thiophene rings is 1. The van der Waals surface area contributed by atoms with Crippen molar-refractivity contribution in [2.45, 2.75) is 13.3 Å². The molecular weight excluding hydrogens is 338 g/mol. The number of amides is 1. The third-order valence-electron chi connectivity index (χ3n) is 4.21. The molecule has 0 aliphatic carbocycles. The average molecular weight is 360 g/mol. The van der Waals surface area contributed by atoms with Gasteiger partial charge in [0, 0.05) is 36.7 Å². The summed E-state index contributed by atoms with van der Waals surface area (Å²) in [5.74, 6) is 0.204. The van der Waals surface area contributed by atoms with Crippen molar-refractivity contribution in [2.24, 2.45) is 0 Å². The molecule has 1 amide bonds. The highest BCUT2D eigenvalue weighted by Crippen LogP contribution is 2.15. The van der Waals surface area contributed by atoms with E-state index in [-0.39, 0.29) is 5.91 Å². The standard InChI is InChI=1S/C18H21N3OS2/c1-14-5-2-3-7-16(14)19-18(23)21-10-8-20(9-11-21)17(22)13-15-6-4-12-24-15/h2-7,12H,8-11,13H2,1H3,(H,19,23). The minimum Gasteiger partial charge on any atom is -0.345 e. The van der Waals surface area contributed by atoms with Crippen molar-refractivity contribution in [3.8, 4) is 0 Å². The molecule has 0 saturated carbocycles. The first kappa shape index (κ1) is 16.9. The van der Waals surface area contributed by atoms with Crippen LogP contribution in [0.15, 0.2) is 41.8 Å². The van der Waals surface area contributed by atoms with Gasteiger partial charge in [0.25, 0.3) is 0 Å². The summed E-state index contributed by atoms with van der Waals surface area (Å²) in [4.78, 5) is 17.5. The lowest BCUT2D eigenvalue weighted by Crippen LogP contribution is -2.51. The van der Waals surface area contributed by atoms with Crippen LogP contribution in [-0.2, 0) is 11.2 Å². The number of para-hydroxylation sites is 1. The fraction of sp³-hybridized carbons (Fsp3) is 0.333. The Labute approximate surface area is 152 Å². The number of piperazine rings is 1. The molecule has 1 aromatic carbocycles. The van der Waals surface area contributed by atoms with Crippen LogP contribution in [-0.4, -0.2) is 47.0 Å². The second kappa shape index (κ2) is 7.77. The zero-order valence-corrected chi connectivity index (χ0v) is 15.3. The lowest BCUT2D eigenvalue weighted by atomic mass is 10.2. The van der Waals surface area contributed by atoms with Gasteiger partial charge in [-0.2, -0.15) is 0 Å². The van der Waals surface area contributed by atoms with E-state index in [9.17, 15) is 4.79 Å². The third-order valence-corrected chi connectivity index (χ3v) is 5.45. The first-order valence-electron chi connectivity index (χ1n) is 8.05. The van der Waals surface area contributed by atoms with Crippen LogP contribution < -0.4 is 5.32 Å². The number of hydrogen-bond acceptors (Lipinski definition) is 3. The number of thiocarbonyl (C=S) groups is 1. The summed E-state index contributed by atoms with van der Waals surface area (Å²) in [5.41, 5.74) is 2.21. The largest absolute Gasteiger partial charge is 0.345 e. The summed E-state index contributed by atoms with van der Waals surface area (Å²) in [7, 11) is 0. The van der Waals surface area contributed by atoms with Crippen LogP contribution in [0.25, 0.3) is 0 Å². The Morgan fingerprint density at radius 1 is 1.12 bits per heavy atom. The van der Waals surface area contributed by atoms with E-state index in [4.69, 9.17) is 12.2 Å². The zero-order valence-electron chi connectivity index (χ0n) is 13.7. The number of carbonyl (C=O) groups excluding carboxylic acids is 1. The SMILES string of the molecule is Cc1ccccc1NC(=S)N1CCN(C(=O)Cc2cccs2)CC1.